The summed E-state index contributed by atoms with van der Waals surface area (Å²) in [6.45, 7) is 3.54. The zero-order valence-corrected chi connectivity index (χ0v) is 11.3. The van der Waals surface area contributed by atoms with Gasteiger partial charge in [0.25, 0.3) is 0 Å². The third-order valence-electron chi connectivity index (χ3n) is 2.90. The molecule has 0 aromatic heterocycles. The first-order chi connectivity index (χ1) is 9.36. The molecule has 2 aromatic carbocycles. The summed E-state index contributed by atoms with van der Waals surface area (Å²) >= 11 is 0. The van der Waals surface area contributed by atoms with Crippen molar-refractivity contribution < 1.29 is 9.47 Å². The van der Waals surface area contributed by atoms with E-state index in [0.29, 0.717) is 0 Å². The van der Waals surface area contributed by atoms with Crippen LogP contribution in [0.1, 0.15) is 18.4 Å². The lowest BCUT2D eigenvalue weighted by molar-refractivity contribution is 0.265. The minimum Gasteiger partial charge on any atom is -0.494 e. The van der Waals surface area contributed by atoms with E-state index in [2.05, 4.69) is 13.0 Å². The standard InChI is InChI=1S/C17H20O2/c1-15-9-5-6-12-17(15)19-14-8-7-13-18-16-10-3-2-4-11-16/h2-6,9-12H,7-8,13-14H2,1H3. The number of benzene rings is 2. The third-order valence-corrected chi connectivity index (χ3v) is 2.90. The summed E-state index contributed by atoms with van der Waals surface area (Å²) in [6, 6.07) is 18.0. The van der Waals surface area contributed by atoms with E-state index in [1.807, 2.05) is 48.5 Å². The summed E-state index contributed by atoms with van der Waals surface area (Å²) in [5, 5.41) is 0. The molecule has 0 radical (unpaired) electrons. The Balaban J connectivity index is 1.59. The molecule has 0 N–H and O–H groups in total. The summed E-state index contributed by atoms with van der Waals surface area (Å²) < 4.78 is 11.4. The second-order valence-electron chi connectivity index (χ2n) is 4.48. The Labute approximate surface area is 115 Å². The van der Waals surface area contributed by atoms with Crippen LogP contribution in [-0.4, -0.2) is 13.2 Å². The van der Waals surface area contributed by atoms with Crippen LogP contribution in [-0.2, 0) is 0 Å². The lowest BCUT2D eigenvalue weighted by atomic mass is 10.2. The highest BCUT2D eigenvalue weighted by Crippen LogP contribution is 2.16. The van der Waals surface area contributed by atoms with Crippen LogP contribution in [0.4, 0.5) is 0 Å². The molecule has 2 rings (SSSR count). The van der Waals surface area contributed by atoms with Crippen molar-refractivity contribution in [1.29, 1.82) is 0 Å². The van der Waals surface area contributed by atoms with E-state index in [4.69, 9.17) is 9.47 Å². The largest absolute Gasteiger partial charge is 0.494 e. The first-order valence-corrected chi connectivity index (χ1v) is 6.72. The van der Waals surface area contributed by atoms with Gasteiger partial charge in [0, 0.05) is 0 Å². The minimum absolute atomic E-state index is 0.737. The maximum absolute atomic E-state index is 5.73. The molecule has 0 unspecified atom stereocenters. The maximum Gasteiger partial charge on any atom is 0.122 e. The maximum atomic E-state index is 5.73. The van der Waals surface area contributed by atoms with Gasteiger partial charge in [0.15, 0.2) is 0 Å². The van der Waals surface area contributed by atoms with Crippen LogP contribution in [0.5, 0.6) is 11.5 Å². The van der Waals surface area contributed by atoms with Crippen LogP contribution >= 0.6 is 0 Å². The van der Waals surface area contributed by atoms with E-state index in [1.165, 1.54) is 5.56 Å². The van der Waals surface area contributed by atoms with Crippen molar-refractivity contribution in [2.75, 3.05) is 13.2 Å². The van der Waals surface area contributed by atoms with Gasteiger partial charge in [-0.25, -0.2) is 0 Å². The molecule has 0 aliphatic carbocycles. The summed E-state index contributed by atoms with van der Waals surface area (Å²) in [4.78, 5) is 0. The lowest BCUT2D eigenvalue weighted by Crippen LogP contribution is -2.03. The van der Waals surface area contributed by atoms with Crippen LogP contribution in [0, 0.1) is 6.92 Å². The minimum atomic E-state index is 0.737. The molecule has 0 bridgehead atoms. The average Bonchev–Trinajstić information content (AvgIpc) is 2.45. The predicted molar refractivity (Wildman–Crippen MR) is 77.8 cm³/mol. The van der Waals surface area contributed by atoms with Crippen LogP contribution in [0.15, 0.2) is 54.6 Å². The summed E-state index contributed by atoms with van der Waals surface area (Å²) in [5.74, 6) is 1.91. The highest BCUT2D eigenvalue weighted by atomic mass is 16.5. The van der Waals surface area contributed by atoms with Gasteiger partial charge in [0.1, 0.15) is 11.5 Å². The fourth-order valence-corrected chi connectivity index (χ4v) is 1.81. The number of rotatable bonds is 7. The molecule has 0 aliphatic heterocycles. The molecule has 2 heteroatoms. The van der Waals surface area contributed by atoms with E-state index in [9.17, 15) is 0 Å². The average molecular weight is 256 g/mol. The molecule has 19 heavy (non-hydrogen) atoms. The molecule has 0 saturated carbocycles. The van der Waals surface area contributed by atoms with E-state index in [-0.39, 0.29) is 0 Å². The fourth-order valence-electron chi connectivity index (χ4n) is 1.81. The van der Waals surface area contributed by atoms with Gasteiger partial charge in [-0.3, -0.25) is 0 Å². The second kappa shape index (κ2) is 7.47. The van der Waals surface area contributed by atoms with Crippen LogP contribution in [0.3, 0.4) is 0 Å². The van der Waals surface area contributed by atoms with Gasteiger partial charge in [-0.1, -0.05) is 36.4 Å². The first-order valence-electron chi connectivity index (χ1n) is 6.72. The highest BCUT2D eigenvalue weighted by molar-refractivity contribution is 5.31. The molecule has 100 valence electrons. The molecule has 0 amide bonds. The van der Waals surface area contributed by atoms with Gasteiger partial charge < -0.3 is 9.47 Å². The predicted octanol–water partition coefficient (Wildman–Crippen LogP) is 4.23. The third kappa shape index (κ3) is 4.66. The zero-order valence-electron chi connectivity index (χ0n) is 11.3. The van der Waals surface area contributed by atoms with Crippen molar-refractivity contribution in [2.24, 2.45) is 0 Å². The van der Waals surface area contributed by atoms with E-state index in [0.717, 1.165) is 37.6 Å². The Hall–Kier alpha value is -1.96. The molecule has 0 aliphatic rings. The smallest absolute Gasteiger partial charge is 0.122 e. The first kappa shape index (κ1) is 13.5. The van der Waals surface area contributed by atoms with Crippen molar-refractivity contribution in [2.45, 2.75) is 19.8 Å². The number of hydrogen-bond acceptors (Lipinski definition) is 2. The van der Waals surface area contributed by atoms with Gasteiger partial charge in [0.05, 0.1) is 13.2 Å². The Morgan fingerprint density at radius 1 is 0.737 bits per heavy atom. The Kier molecular flexibility index (Phi) is 5.30. The lowest BCUT2D eigenvalue weighted by Gasteiger charge is -2.09. The van der Waals surface area contributed by atoms with Crippen LogP contribution < -0.4 is 9.47 Å². The SMILES string of the molecule is Cc1ccccc1OCCCCOc1ccccc1. The van der Waals surface area contributed by atoms with Crippen molar-refractivity contribution in [3.05, 3.63) is 60.2 Å². The molecule has 0 heterocycles. The quantitative estimate of drug-likeness (QED) is 0.690. The highest BCUT2D eigenvalue weighted by Gasteiger charge is 1.97. The molecular formula is C17H20O2. The van der Waals surface area contributed by atoms with Crippen molar-refractivity contribution >= 4 is 0 Å². The van der Waals surface area contributed by atoms with Crippen molar-refractivity contribution in [3.8, 4) is 11.5 Å². The van der Waals surface area contributed by atoms with Gasteiger partial charge >= 0.3 is 0 Å². The number of hydrogen-bond donors (Lipinski definition) is 0. The summed E-state index contributed by atoms with van der Waals surface area (Å²) in [6.07, 6.45) is 2.00. The zero-order chi connectivity index (χ0) is 13.3. The van der Waals surface area contributed by atoms with Crippen molar-refractivity contribution in [1.82, 2.24) is 0 Å². The normalized spacial score (nSPS) is 10.2. The molecule has 0 atom stereocenters. The summed E-state index contributed by atoms with van der Waals surface area (Å²) in [7, 11) is 0. The molecule has 0 fully saturated rings. The summed E-state index contributed by atoms with van der Waals surface area (Å²) in [5.41, 5.74) is 1.18. The Morgan fingerprint density at radius 2 is 1.37 bits per heavy atom. The van der Waals surface area contributed by atoms with Gasteiger partial charge in [-0.05, 0) is 43.5 Å². The Bertz CT molecular complexity index is 480. The fraction of sp³-hybridized carbons (Fsp3) is 0.294. The van der Waals surface area contributed by atoms with Crippen LogP contribution in [0.25, 0.3) is 0 Å². The van der Waals surface area contributed by atoms with Crippen molar-refractivity contribution in [3.63, 3.8) is 0 Å². The molecule has 0 spiro atoms. The number of para-hydroxylation sites is 2. The topological polar surface area (TPSA) is 18.5 Å². The van der Waals surface area contributed by atoms with E-state index >= 15 is 0 Å². The molecule has 2 aromatic rings. The molecular weight excluding hydrogens is 236 g/mol. The Morgan fingerprint density at radius 3 is 2.11 bits per heavy atom. The van der Waals surface area contributed by atoms with Gasteiger partial charge in [-0.2, -0.15) is 0 Å². The molecule has 0 saturated heterocycles. The van der Waals surface area contributed by atoms with E-state index < -0.39 is 0 Å². The number of unbranched alkanes of at least 4 members (excludes halogenated alkanes) is 1. The van der Waals surface area contributed by atoms with Gasteiger partial charge in [0.2, 0.25) is 0 Å². The number of aryl methyl sites for hydroxylation is 1. The van der Waals surface area contributed by atoms with E-state index in [1.54, 1.807) is 0 Å². The van der Waals surface area contributed by atoms with Crippen LogP contribution in [0.2, 0.25) is 0 Å². The number of ether oxygens (including phenoxy) is 2. The molecule has 2 nitrogen and oxygen atoms in total. The van der Waals surface area contributed by atoms with Gasteiger partial charge in [-0.15, -0.1) is 0 Å². The monoisotopic (exact) mass is 256 g/mol. The second-order valence-corrected chi connectivity index (χ2v) is 4.48.